The van der Waals surface area contributed by atoms with Crippen LogP contribution in [0.4, 0.5) is 68.2 Å². The third-order valence-corrected chi connectivity index (χ3v) is 13.4. The van der Waals surface area contributed by atoms with Gasteiger partial charge in [-0.25, -0.2) is 0 Å². The van der Waals surface area contributed by atoms with Crippen molar-refractivity contribution in [1.82, 2.24) is 15.0 Å². The van der Waals surface area contributed by atoms with Crippen LogP contribution in [-0.4, -0.2) is 15.0 Å². The smallest absolute Gasteiger partial charge is 0.0710 e. The molecular formula is C69H51N7. The summed E-state index contributed by atoms with van der Waals surface area (Å²) in [4.78, 5) is 23.5. The van der Waals surface area contributed by atoms with Crippen LogP contribution >= 0.6 is 0 Å². The van der Waals surface area contributed by atoms with Gasteiger partial charge < -0.3 is 19.6 Å². The van der Waals surface area contributed by atoms with Gasteiger partial charge in [0.05, 0.1) is 34.1 Å². The maximum absolute atomic E-state index is 4.65. The molecule has 0 fully saturated rings. The molecule has 0 unspecified atom stereocenters. The van der Waals surface area contributed by atoms with Crippen molar-refractivity contribution in [3.63, 3.8) is 0 Å². The highest BCUT2D eigenvalue weighted by molar-refractivity contribution is 6.03. The highest BCUT2D eigenvalue weighted by atomic mass is 15.3. The Morgan fingerprint density at radius 1 is 0.184 bits per heavy atom. The molecule has 0 saturated carbocycles. The van der Waals surface area contributed by atoms with E-state index in [1.54, 1.807) is 0 Å². The Morgan fingerprint density at radius 2 is 0.421 bits per heavy atom. The molecule has 0 radical (unpaired) electrons. The lowest BCUT2D eigenvalue weighted by molar-refractivity contribution is 1.19. The van der Waals surface area contributed by atoms with Crippen LogP contribution in [0.15, 0.2) is 310 Å². The fraction of sp³-hybridized carbons (Fsp3) is 0. The summed E-state index contributed by atoms with van der Waals surface area (Å²) in [7, 11) is 0. The van der Waals surface area contributed by atoms with Crippen molar-refractivity contribution in [1.29, 1.82) is 0 Å². The van der Waals surface area contributed by atoms with Crippen LogP contribution < -0.4 is 19.6 Å². The van der Waals surface area contributed by atoms with Crippen LogP contribution in [0, 0.1) is 0 Å². The lowest BCUT2D eigenvalue weighted by Gasteiger charge is -2.39. The van der Waals surface area contributed by atoms with Crippen molar-refractivity contribution in [2.24, 2.45) is 0 Å². The number of hydrogen-bond acceptors (Lipinski definition) is 7. The van der Waals surface area contributed by atoms with Crippen LogP contribution in [-0.2, 0) is 0 Å². The number of para-hydroxylation sites is 6. The van der Waals surface area contributed by atoms with Crippen molar-refractivity contribution < 1.29 is 0 Å². The third-order valence-electron chi connectivity index (χ3n) is 13.4. The summed E-state index contributed by atoms with van der Waals surface area (Å²) in [6.45, 7) is 0. The first-order chi connectivity index (χ1) is 37.7. The molecule has 0 aliphatic rings. The van der Waals surface area contributed by atoms with Gasteiger partial charge in [-0.05, 0) is 144 Å². The van der Waals surface area contributed by atoms with Crippen LogP contribution in [0.3, 0.4) is 0 Å². The van der Waals surface area contributed by atoms with Crippen molar-refractivity contribution in [2.75, 3.05) is 19.6 Å². The van der Waals surface area contributed by atoms with Crippen molar-refractivity contribution in [3.05, 3.63) is 310 Å². The summed E-state index contributed by atoms with van der Waals surface area (Å²) >= 11 is 0. The molecule has 12 aromatic rings. The molecule has 0 N–H and O–H groups in total. The molecule has 0 aliphatic heterocycles. The van der Waals surface area contributed by atoms with Gasteiger partial charge in [0.15, 0.2) is 0 Å². The normalized spacial score (nSPS) is 10.9. The lowest BCUT2D eigenvalue weighted by atomic mass is 9.99. The zero-order valence-electron chi connectivity index (χ0n) is 41.6. The van der Waals surface area contributed by atoms with E-state index in [0.29, 0.717) is 0 Å². The number of anilines is 12. The largest absolute Gasteiger partial charge is 0.308 e. The number of nitrogens with zero attached hydrogens (tertiary/aromatic N) is 7. The third kappa shape index (κ3) is 9.67. The van der Waals surface area contributed by atoms with E-state index < -0.39 is 0 Å². The monoisotopic (exact) mass is 977 g/mol. The highest BCUT2D eigenvalue weighted by Gasteiger charge is 2.31. The molecule has 362 valence electrons. The van der Waals surface area contributed by atoms with Crippen LogP contribution in [0.25, 0.3) is 33.4 Å². The van der Waals surface area contributed by atoms with Gasteiger partial charge in [-0.3, -0.25) is 15.0 Å². The number of benzene rings is 9. The van der Waals surface area contributed by atoms with Crippen molar-refractivity contribution in [2.45, 2.75) is 0 Å². The van der Waals surface area contributed by atoms with E-state index in [2.05, 4.69) is 289 Å². The average molecular weight is 978 g/mol. The molecule has 9 aromatic carbocycles. The van der Waals surface area contributed by atoms with Gasteiger partial charge in [-0.1, -0.05) is 146 Å². The summed E-state index contributed by atoms with van der Waals surface area (Å²) in [6.07, 6.45) is 11.3. The Morgan fingerprint density at radius 3 is 0.632 bits per heavy atom. The minimum Gasteiger partial charge on any atom is -0.308 e. The van der Waals surface area contributed by atoms with E-state index in [0.717, 1.165) is 102 Å². The topological polar surface area (TPSA) is 51.6 Å². The molecule has 7 nitrogen and oxygen atoms in total. The van der Waals surface area contributed by atoms with E-state index in [9.17, 15) is 0 Å². The zero-order chi connectivity index (χ0) is 50.9. The Hall–Kier alpha value is -10.4. The molecular weight excluding hydrogens is 927 g/mol. The molecule has 0 amide bonds. The summed E-state index contributed by atoms with van der Waals surface area (Å²) in [5.74, 6) is 0. The Balaban J connectivity index is 1.28. The average Bonchev–Trinajstić information content (AvgIpc) is 3.55. The zero-order valence-corrected chi connectivity index (χ0v) is 41.6. The molecule has 0 bridgehead atoms. The Labute approximate surface area is 444 Å². The van der Waals surface area contributed by atoms with Crippen LogP contribution in [0.5, 0.6) is 0 Å². The van der Waals surface area contributed by atoms with E-state index >= 15 is 0 Å². The van der Waals surface area contributed by atoms with E-state index in [4.69, 9.17) is 0 Å². The second-order valence-corrected chi connectivity index (χ2v) is 18.2. The first-order valence-corrected chi connectivity index (χ1v) is 25.4. The first kappa shape index (κ1) is 46.7. The minimum absolute atomic E-state index is 0.908. The molecule has 0 spiro atoms. The second kappa shape index (κ2) is 21.8. The number of aromatic nitrogens is 3. The van der Waals surface area contributed by atoms with Gasteiger partial charge >= 0.3 is 0 Å². The van der Waals surface area contributed by atoms with Crippen LogP contribution in [0.2, 0.25) is 0 Å². The molecule has 12 rings (SSSR count). The van der Waals surface area contributed by atoms with E-state index in [1.165, 1.54) is 0 Å². The fourth-order valence-electron chi connectivity index (χ4n) is 9.95. The summed E-state index contributed by atoms with van der Waals surface area (Å²) in [6, 6.07) is 96.6. The molecule has 7 heteroatoms. The molecule has 76 heavy (non-hydrogen) atoms. The first-order valence-electron chi connectivity index (χ1n) is 25.4. The lowest BCUT2D eigenvalue weighted by Crippen LogP contribution is -2.22. The summed E-state index contributed by atoms with van der Waals surface area (Å²) in [5, 5.41) is 0. The number of rotatable bonds is 15. The summed E-state index contributed by atoms with van der Waals surface area (Å²) in [5.41, 5.74) is 17.5. The maximum atomic E-state index is 4.65. The van der Waals surface area contributed by atoms with E-state index in [1.807, 2.05) is 55.4 Å². The maximum Gasteiger partial charge on any atom is 0.0710 e. The second-order valence-electron chi connectivity index (χ2n) is 18.2. The predicted molar refractivity (Wildman–Crippen MR) is 315 cm³/mol. The number of pyridine rings is 3. The van der Waals surface area contributed by atoms with Gasteiger partial charge in [-0.2, -0.15) is 0 Å². The van der Waals surface area contributed by atoms with Gasteiger partial charge in [0, 0.05) is 88.0 Å². The summed E-state index contributed by atoms with van der Waals surface area (Å²) < 4.78 is 0. The van der Waals surface area contributed by atoms with Gasteiger partial charge in [0.2, 0.25) is 0 Å². The Bertz CT molecular complexity index is 3280. The quantitative estimate of drug-likeness (QED) is 0.101. The molecule has 3 heterocycles. The van der Waals surface area contributed by atoms with Crippen LogP contribution in [0.1, 0.15) is 0 Å². The molecule has 3 aromatic heterocycles. The highest BCUT2D eigenvalue weighted by Crippen LogP contribution is 2.55. The van der Waals surface area contributed by atoms with E-state index in [-0.39, 0.29) is 0 Å². The molecule has 0 saturated heterocycles. The van der Waals surface area contributed by atoms with Gasteiger partial charge in [0.25, 0.3) is 0 Å². The van der Waals surface area contributed by atoms with Crippen molar-refractivity contribution >= 4 is 68.2 Å². The fourth-order valence-corrected chi connectivity index (χ4v) is 9.95. The van der Waals surface area contributed by atoms with Crippen molar-refractivity contribution in [3.8, 4) is 33.4 Å². The van der Waals surface area contributed by atoms with Gasteiger partial charge in [-0.15, -0.1) is 0 Å². The standard InChI is InChI=1S/C69H51N7/c1-7-25-58(26-8-1)73(59-27-9-2-10-28-59)64-40-37-52(55-22-19-43-70-49-55)46-67(64)76(68-47-53(56-23-20-44-71-50-56)38-41-65(68)74(60-29-11-3-12-30-60)61-31-13-4-14-32-61)69-48-54(57-24-21-45-72-51-57)39-42-66(69)75(62-33-15-5-16-34-62)63-35-17-6-18-36-63/h1-51H. The molecule has 0 aliphatic carbocycles. The minimum atomic E-state index is 0.908. The Kier molecular flexibility index (Phi) is 13.4. The van der Waals surface area contributed by atoms with Gasteiger partial charge in [0.1, 0.15) is 0 Å². The predicted octanol–water partition coefficient (Wildman–Crippen LogP) is 18.8. The molecule has 0 atom stereocenters. The SMILES string of the molecule is c1ccc(N(c2ccccc2)c2ccc(-c3cccnc3)cc2N(c2cc(-c3cccnc3)ccc2N(c2ccccc2)c2ccccc2)c2cc(-c3cccnc3)ccc2N(c2ccccc2)c2ccccc2)cc1. The number of hydrogen-bond donors (Lipinski definition) is 0.